The molecule has 1 heterocycles. The molecule has 0 N–H and O–H groups in total. The second kappa shape index (κ2) is 9.45. The molecule has 2 aromatic carbocycles. The van der Waals surface area contributed by atoms with Crippen molar-refractivity contribution in [1.82, 2.24) is 9.88 Å². The van der Waals surface area contributed by atoms with Gasteiger partial charge in [-0.05, 0) is 48.4 Å². The summed E-state index contributed by atoms with van der Waals surface area (Å²) in [4.78, 5) is 19.2. The predicted molar refractivity (Wildman–Crippen MR) is 119 cm³/mol. The maximum atomic E-state index is 13.4. The molecular weight excluding hydrogens is 412 g/mol. The van der Waals surface area contributed by atoms with Crippen LogP contribution in [0, 0.1) is 12.0 Å². The largest absolute Gasteiger partial charge is 0.497 e. The fraction of sp³-hybridized carbons (Fsp3) is 0.167. The number of nitrogens with zero attached hydrogens (tertiary/aromatic N) is 2. The molecule has 0 aliphatic heterocycles. The Morgan fingerprint density at radius 3 is 2.52 bits per heavy atom. The lowest BCUT2D eigenvalue weighted by Gasteiger charge is -2.18. The fourth-order valence-corrected chi connectivity index (χ4v) is 3.70. The Hall–Kier alpha value is -3.63. The van der Waals surface area contributed by atoms with Gasteiger partial charge in [-0.25, -0.2) is 8.42 Å². The van der Waals surface area contributed by atoms with E-state index in [2.05, 4.69) is 16.9 Å². The maximum absolute atomic E-state index is 13.4. The van der Waals surface area contributed by atoms with Gasteiger partial charge in [0.25, 0.3) is 5.91 Å². The number of methoxy groups -OCH3 is 1. The molecule has 0 saturated carbocycles. The van der Waals surface area contributed by atoms with Gasteiger partial charge in [0.15, 0.2) is 9.84 Å². The lowest BCUT2D eigenvalue weighted by Crippen LogP contribution is -2.26. The Kier molecular flexibility index (Phi) is 6.73. The Balaban J connectivity index is 1.94. The zero-order valence-electron chi connectivity index (χ0n) is 17.5. The molecule has 6 nitrogen and oxygen atoms in total. The molecule has 0 bridgehead atoms. The summed E-state index contributed by atoms with van der Waals surface area (Å²) in [5.74, 6) is 3.18. The van der Waals surface area contributed by atoms with Crippen molar-refractivity contribution < 1.29 is 17.9 Å². The summed E-state index contributed by atoms with van der Waals surface area (Å²) in [7, 11) is -1.70. The summed E-state index contributed by atoms with van der Waals surface area (Å²) >= 11 is 0. The van der Waals surface area contributed by atoms with E-state index in [1.54, 1.807) is 44.6 Å². The molecule has 0 spiro atoms. The first-order valence-electron chi connectivity index (χ1n) is 9.45. The van der Waals surface area contributed by atoms with Gasteiger partial charge < -0.3 is 4.74 Å². The van der Waals surface area contributed by atoms with Crippen molar-refractivity contribution in [3.63, 3.8) is 0 Å². The molecule has 0 fully saturated rings. The van der Waals surface area contributed by atoms with Crippen molar-refractivity contribution in [2.75, 3.05) is 13.4 Å². The molecule has 1 aromatic heterocycles. The van der Waals surface area contributed by atoms with Crippen molar-refractivity contribution in [2.45, 2.75) is 18.4 Å². The fourth-order valence-electron chi connectivity index (χ4n) is 3.07. The van der Waals surface area contributed by atoms with E-state index < -0.39 is 9.84 Å². The molecule has 1 amide bonds. The summed E-state index contributed by atoms with van der Waals surface area (Å²) in [6, 6.07) is 18.3. The first-order valence-corrected chi connectivity index (χ1v) is 11.3. The van der Waals surface area contributed by atoms with Gasteiger partial charge in [-0.1, -0.05) is 30.2 Å². The van der Waals surface area contributed by atoms with Gasteiger partial charge in [0.05, 0.1) is 24.1 Å². The highest BCUT2D eigenvalue weighted by atomic mass is 32.2. The van der Waals surface area contributed by atoms with E-state index in [1.807, 2.05) is 24.3 Å². The zero-order chi connectivity index (χ0) is 22.4. The second-order valence-corrected chi connectivity index (χ2v) is 8.84. The van der Waals surface area contributed by atoms with Crippen LogP contribution in [0.5, 0.6) is 5.75 Å². The monoisotopic (exact) mass is 434 g/mol. The molecule has 0 aliphatic carbocycles. The third kappa shape index (κ3) is 5.30. The smallest absolute Gasteiger partial charge is 0.266 e. The molecule has 0 atom stereocenters. The number of rotatable bonds is 6. The molecular formula is C24H22N2O4S. The Morgan fingerprint density at radius 1 is 1.13 bits per heavy atom. The average Bonchev–Trinajstić information content (AvgIpc) is 2.78. The number of ether oxygens (including phenoxy) is 1. The summed E-state index contributed by atoms with van der Waals surface area (Å²) in [5, 5.41) is 0. The van der Waals surface area contributed by atoms with Crippen LogP contribution in [0.15, 0.2) is 71.9 Å². The highest BCUT2D eigenvalue weighted by Gasteiger charge is 2.20. The standard InChI is InChI=1S/C24H22N2O4S/c1-4-14-26(17-18-8-10-21(11-9-18)31(3,28)29)24(27)22-12-13-25-16-23(22)19-6-5-7-20(15-19)30-2/h5-13,15-16H,17H2,1-3H3. The maximum Gasteiger partial charge on any atom is 0.266 e. The minimum atomic E-state index is -3.29. The molecule has 7 heteroatoms. The highest BCUT2D eigenvalue weighted by Crippen LogP contribution is 2.27. The Labute approximate surface area is 182 Å². The lowest BCUT2D eigenvalue weighted by molar-refractivity contribution is 0.0827. The number of hydrogen-bond donors (Lipinski definition) is 0. The average molecular weight is 435 g/mol. The molecule has 31 heavy (non-hydrogen) atoms. The van der Waals surface area contributed by atoms with Crippen LogP contribution in [0.2, 0.25) is 0 Å². The number of aromatic nitrogens is 1. The van der Waals surface area contributed by atoms with Gasteiger partial charge in [0, 0.05) is 30.3 Å². The topological polar surface area (TPSA) is 76.6 Å². The molecule has 0 radical (unpaired) electrons. The van der Waals surface area contributed by atoms with Gasteiger partial charge >= 0.3 is 0 Å². The first kappa shape index (κ1) is 22.1. The minimum Gasteiger partial charge on any atom is -0.497 e. The SMILES string of the molecule is CC#CN(Cc1ccc(S(C)(=O)=O)cc1)C(=O)c1ccncc1-c1cccc(OC)c1. The van der Waals surface area contributed by atoms with Crippen molar-refractivity contribution in [3.8, 4) is 28.8 Å². The normalized spacial score (nSPS) is 10.7. The molecule has 0 aliphatic rings. The van der Waals surface area contributed by atoms with Gasteiger partial charge in [-0.15, -0.1) is 0 Å². The van der Waals surface area contributed by atoms with Crippen molar-refractivity contribution in [1.29, 1.82) is 0 Å². The van der Waals surface area contributed by atoms with Crippen LogP contribution in [0.4, 0.5) is 0 Å². The van der Waals surface area contributed by atoms with Crippen LogP contribution in [0.25, 0.3) is 11.1 Å². The number of sulfone groups is 1. The van der Waals surface area contributed by atoms with E-state index in [-0.39, 0.29) is 17.3 Å². The Bertz CT molecular complexity index is 1260. The van der Waals surface area contributed by atoms with Crippen LogP contribution in [-0.4, -0.2) is 37.6 Å². The summed E-state index contributed by atoms with van der Waals surface area (Å²) in [6.45, 7) is 1.87. The number of carbonyl (C=O) groups excluding carboxylic acids is 1. The molecule has 0 unspecified atom stereocenters. The van der Waals surface area contributed by atoms with Crippen LogP contribution in [0.1, 0.15) is 22.8 Å². The third-order valence-electron chi connectivity index (χ3n) is 4.62. The summed E-state index contributed by atoms with van der Waals surface area (Å²) in [5.41, 5.74) is 2.69. The minimum absolute atomic E-state index is 0.212. The van der Waals surface area contributed by atoms with E-state index in [9.17, 15) is 13.2 Å². The van der Waals surface area contributed by atoms with Crippen LogP contribution >= 0.6 is 0 Å². The van der Waals surface area contributed by atoms with Crippen LogP contribution in [0.3, 0.4) is 0 Å². The second-order valence-electron chi connectivity index (χ2n) is 6.82. The summed E-state index contributed by atoms with van der Waals surface area (Å²) < 4.78 is 28.7. The molecule has 3 aromatic rings. The zero-order valence-corrected chi connectivity index (χ0v) is 18.3. The van der Waals surface area contributed by atoms with E-state index in [1.165, 1.54) is 17.0 Å². The number of pyridine rings is 1. The van der Waals surface area contributed by atoms with Crippen LogP contribution in [-0.2, 0) is 16.4 Å². The lowest BCUT2D eigenvalue weighted by atomic mass is 10.0. The number of benzene rings is 2. The van der Waals surface area contributed by atoms with Gasteiger partial charge in [-0.3, -0.25) is 14.7 Å². The molecule has 3 rings (SSSR count). The number of carbonyl (C=O) groups is 1. The van der Waals surface area contributed by atoms with Gasteiger partial charge in [0.2, 0.25) is 0 Å². The predicted octanol–water partition coefficient (Wildman–Crippen LogP) is 3.78. The van der Waals surface area contributed by atoms with Crippen molar-refractivity contribution >= 4 is 15.7 Å². The van der Waals surface area contributed by atoms with Crippen molar-refractivity contribution in [2.24, 2.45) is 0 Å². The van der Waals surface area contributed by atoms with Gasteiger partial charge in [-0.2, -0.15) is 0 Å². The first-order chi connectivity index (χ1) is 14.8. The van der Waals surface area contributed by atoms with E-state index in [4.69, 9.17) is 4.74 Å². The highest BCUT2D eigenvalue weighted by molar-refractivity contribution is 7.90. The number of amides is 1. The van der Waals surface area contributed by atoms with E-state index >= 15 is 0 Å². The van der Waals surface area contributed by atoms with Gasteiger partial charge in [0.1, 0.15) is 5.75 Å². The summed E-state index contributed by atoms with van der Waals surface area (Å²) in [6.07, 6.45) is 4.36. The number of hydrogen-bond acceptors (Lipinski definition) is 5. The van der Waals surface area contributed by atoms with Crippen LogP contribution < -0.4 is 4.74 Å². The third-order valence-corrected chi connectivity index (χ3v) is 5.74. The molecule has 0 saturated heterocycles. The quantitative estimate of drug-likeness (QED) is 0.436. The van der Waals surface area contributed by atoms with E-state index in [0.717, 1.165) is 17.4 Å². The van der Waals surface area contributed by atoms with Crippen molar-refractivity contribution in [3.05, 3.63) is 78.1 Å². The van der Waals surface area contributed by atoms with E-state index in [0.29, 0.717) is 16.9 Å². The Morgan fingerprint density at radius 2 is 1.87 bits per heavy atom. The molecule has 158 valence electrons.